The van der Waals surface area contributed by atoms with Gasteiger partial charge < -0.3 is 18.9 Å². The molecule has 7 nitrogen and oxygen atoms in total. The van der Waals surface area contributed by atoms with Gasteiger partial charge in [-0.15, -0.1) is 0 Å². The van der Waals surface area contributed by atoms with Crippen LogP contribution in [0.1, 0.15) is 36.5 Å². The predicted molar refractivity (Wildman–Crippen MR) is 116 cm³/mol. The molecule has 4 aliphatic rings. The van der Waals surface area contributed by atoms with Crippen LogP contribution in [0.2, 0.25) is 0 Å². The van der Waals surface area contributed by atoms with Crippen LogP contribution in [0.5, 0.6) is 11.5 Å². The van der Waals surface area contributed by atoms with E-state index in [4.69, 9.17) is 18.9 Å². The minimum Gasteiger partial charge on any atom is -0.454 e. The SMILES string of the molecule is Cc1ccc(S(=O)(=O)N2Cc3cc4c(cc3[C@H]3C=C[C@H]5OC(C)(C)O[C@H]5[C@@H]32)OCO4)cc1. The number of rotatable bonds is 2. The first kappa shape index (κ1) is 20.2. The van der Waals surface area contributed by atoms with Crippen LogP contribution >= 0.6 is 0 Å². The maximum absolute atomic E-state index is 13.9. The molecule has 2 aromatic carbocycles. The molecule has 0 N–H and O–H groups in total. The van der Waals surface area contributed by atoms with Crippen LogP contribution in [-0.4, -0.2) is 43.6 Å². The molecule has 8 heteroatoms. The van der Waals surface area contributed by atoms with E-state index in [-0.39, 0.29) is 30.3 Å². The Morgan fingerprint density at radius 1 is 1.00 bits per heavy atom. The number of hydrogen-bond acceptors (Lipinski definition) is 6. The third kappa shape index (κ3) is 3.01. The molecule has 1 saturated heterocycles. The van der Waals surface area contributed by atoms with E-state index < -0.39 is 28.0 Å². The molecular formula is C24H25NO6S. The van der Waals surface area contributed by atoms with Crippen LogP contribution < -0.4 is 9.47 Å². The molecular weight excluding hydrogens is 430 g/mol. The molecule has 0 amide bonds. The lowest BCUT2D eigenvalue weighted by atomic mass is 9.77. The van der Waals surface area contributed by atoms with Crippen molar-refractivity contribution in [3.05, 3.63) is 65.2 Å². The van der Waals surface area contributed by atoms with Gasteiger partial charge in [0.1, 0.15) is 12.2 Å². The molecule has 168 valence electrons. The van der Waals surface area contributed by atoms with Gasteiger partial charge >= 0.3 is 0 Å². The minimum atomic E-state index is -3.79. The third-order valence-corrected chi connectivity index (χ3v) is 8.51. The van der Waals surface area contributed by atoms with Gasteiger partial charge in [0.25, 0.3) is 0 Å². The zero-order valence-electron chi connectivity index (χ0n) is 18.1. The number of benzene rings is 2. The first-order valence-corrected chi connectivity index (χ1v) is 12.2. The van der Waals surface area contributed by atoms with Crippen LogP contribution in [-0.2, 0) is 26.0 Å². The average molecular weight is 456 g/mol. The number of sulfonamides is 1. The summed E-state index contributed by atoms with van der Waals surface area (Å²) in [7, 11) is -3.79. The summed E-state index contributed by atoms with van der Waals surface area (Å²) >= 11 is 0. The van der Waals surface area contributed by atoms with Crippen molar-refractivity contribution in [2.75, 3.05) is 6.79 Å². The fourth-order valence-corrected chi connectivity index (χ4v) is 6.85. The van der Waals surface area contributed by atoms with Gasteiger partial charge in [-0.25, -0.2) is 8.42 Å². The van der Waals surface area contributed by atoms with Crippen LogP contribution in [0.3, 0.4) is 0 Å². The summed E-state index contributed by atoms with van der Waals surface area (Å²) in [5.74, 6) is 0.362. The quantitative estimate of drug-likeness (QED) is 0.646. The normalized spacial score (nSPS) is 30.0. The van der Waals surface area contributed by atoms with E-state index in [0.29, 0.717) is 11.5 Å². The second-order valence-corrected chi connectivity index (χ2v) is 11.1. The first-order valence-electron chi connectivity index (χ1n) is 10.8. The lowest BCUT2D eigenvalue weighted by molar-refractivity contribution is -0.147. The number of aryl methyl sites for hydroxylation is 1. The van der Waals surface area contributed by atoms with E-state index in [1.807, 2.05) is 51.1 Å². The Morgan fingerprint density at radius 2 is 1.72 bits per heavy atom. The summed E-state index contributed by atoms with van der Waals surface area (Å²) in [4.78, 5) is 0.273. The highest BCUT2D eigenvalue weighted by atomic mass is 32.2. The lowest BCUT2D eigenvalue weighted by Crippen LogP contribution is -2.56. The maximum atomic E-state index is 13.9. The Bertz CT molecular complexity index is 1220. The molecule has 0 unspecified atom stereocenters. The van der Waals surface area contributed by atoms with E-state index in [1.54, 1.807) is 16.4 Å². The number of fused-ring (bicyclic) bond motifs is 6. The third-order valence-electron chi connectivity index (χ3n) is 6.66. The molecule has 0 saturated carbocycles. The highest BCUT2D eigenvalue weighted by molar-refractivity contribution is 7.89. The molecule has 0 spiro atoms. The highest BCUT2D eigenvalue weighted by Crippen LogP contribution is 2.49. The topological polar surface area (TPSA) is 74.3 Å². The second-order valence-electron chi connectivity index (χ2n) is 9.23. The van der Waals surface area contributed by atoms with E-state index in [0.717, 1.165) is 16.7 Å². The second kappa shape index (κ2) is 6.81. The largest absolute Gasteiger partial charge is 0.454 e. The van der Waals surface area contributed by atoms with Crippen molar-refractivity contribution in [1.29, 1.82) is 0 Å². The Balaban J connectivity index is 1.51. The molecule has 3 aliphatic heterocycles. The lowest BCUT2D eigenvalue weighted by Gasteiger charge is -2.45. The van der Waals surface area contributed by atoms with Crippen molar-refractivity contribution in [3.8, 4) is 11.5 Å². The zero-order chi connectivity index (χ0) is 22.3. The molecule has 6 rings (SSSR count). The van der Waals surface area contributed by atoms with Crippen molar-refractivity contribution in [1.82, 2.24) is 4.31 Å². The standard InChI is InChI=1S/C24H25NO6S/c1-14-4-6-16(7-5-14)32(26,27)25-12-15-10-20-21(29-13-28-20)11-18(15)17-8-9-19-23(22(17)25)31-24(2,3)30-19/h4-11,17,19,22-23H,12-13H2,1-3H3/t17-,19-,22-,23-/m1/s1. The highest BCUT2D eigenvalue weighted by Gasteiger charge is 2.54. The predicted octanol–water partition coefficient (Wildman–Crippen LogP) is 3.47. The number of hydrogen-bond donors (Lipinski definition) is 0. The molecule has 0 aromatic heterocycles. The van der Waals surface area contributed by atoms with Gasteiger partial charge in [-0.1, -0.05) is 29.8 Å². The van der Waals surface area contributed by atoms with Crippen LogP contribution in [0.4, 0.5) is 0 Å². The van der Waals surface area contributed by atoms with Crippen LogP contribution in [0.15, 0.2) is 53.4 Å². The van der Waals surface area contributed by atoms with Gasteiger partial charge in [0.15, 0.2) is 17.3 Å². The summed E-state index contributed by atoms with van der Waals surface area (Å²) in [6.07, 6.45) is 3.32. The van der Waals surface area contributed by atoms with Crippen LogP contribution in [0, 0.1) is 6.92 Å². The van der Waals surface area contributed by atoms with Crippen molar-refractivity contribution < 1.29 is 27.4 Å². The Kier molecular flexibility index (Phi) is 4.30. The summed E-state index contributed by atoms with van der Waals surface area (Å²) < 4.78 is 52.9. The Hall–Kier alpha value is -2.39. The van der Waals surface area contributed by atoms with Gasteiger partial charge in [0, 0.05) is 12.5 Å². The molecule has 1 fully saturated rings. The summed E-state index contributed by atoms with van der Waals surface area (Å²) in [6, 6.07) is 10.4. The smallest absolute Gasteiger partial charge is 0.243 e. The minimum absolute atomic E-state index is 0.170. The van der Waals surface area contributed by atoms with Crippen molar-refractivity contribution in [2.45, 2.75) is 62.2 Å². The van der Waals surface area contributed by atoms with Gasteiger partial charge in [0.05, 0.1) is 10.9 Å². The molecule has 4 atom stereocenters. The monoisotopic (exact) mass is 455 g/mol. The van der Waals surface area contributed by atoms with Gasteiger partial charge in [-0.2, -0.15) is 4.31 Å². The fraction of sp³-hybridized carbons (Fsp3) is 0.417. The number of nitrogens with zero attached hydrogens (tertiary/aromatic N) is 1. The van der Waals surface area contributed by atoms with Gasteiger partial charge in [-0.05, 0) is 56.2 Å². The zero-order valence-corrected chi connectivity index (χ0v) is 19.0. The first-order chi connectivity index (χ1) is 15.2. The summed E-state index contributed by atoms with van der Waals surface area (Å²) in [5.41, 5.74) is 2.96. The van der Waals surface area contributed by atoms with Gasteiger partial charge in [0.2, 0.25) is 16.8 Å². The molecule has 1 aliphatic carbocycles. The fourth-order valence-electron chi connectivity index (χ4n) is 5.22. The average Bonchev–Trinajstić information content (AvgIpc) is 3.33. The summed E-state index contributed by atoms with van der Waals surface area (Å²) in [6.45, 7) is 6.06. The number of ether oxygens (including phenoxy) is 4. The van der Waals surface area contributed by atoms with Crippen molar-refractivity contribution in [2.24, 2.45) is 0 Å². The summed E-state index contributed by atoms with van der Waals surface area (Å²) in [5, 5.41) is 0. The molecule has 3 heterocycles. The molecule has 32 heavy (non-hydrogen) atoms. The van der Waals surface area contributed by atoms with Crippen molar-refractivity contribution in [3.63, 3.8) is 0 Å². The van der Waals surface area contributed by atoms with E-state index in [2.05, 4.69) is 6.08 Å². The maximum Gasteiger partial charge on any atom is 0.243 e. The van der Waals surface area contributed by atoms with E-state index >= 15 is 0 Å². The van der Waals surface area contributed by atoms with E-state index in [9.17, 15) is 8.42 Å². The van der Waals surface area contributed by atoms with Crippen molar-refractivity contribution >= 4 is 10.0 Å². The van der Waals surface area contributed by atoms with E-state index in [1.165, 1.54) is 0 Å². The molecule has 2 aromatic rings. The molecule has 0 bridgehead atoms. The van der Waals surface area contributed by atoms with Crippen LogP contribution in [0.25, 0.3) is 0 Å². The molecule has 0 radical (unpaired) electrons. The van der Waals surface area contributed by atoms with Gasteiger partial charge in [-0.3, -0.25) is 0 Å². The Morgan fingerprint density at radius 3 is 2.47 bits per heavy atom. The Labute approximate surface area is 187 Å².